The fraction of sp³-hybridized carbons (Fsp3) is 0.600. The zero-order chi connectivity index (χ0) is 14.2. The summed E-state index contributed by atoms with van der Waals surface area (Å²) in [6.07, 6.45) is 3.78. The minimum Gasteiger partial charge on any atom is -0.382 e. The Morgan fingerprint density at radius 3 is 2.55 bits per heavy atom. The van der Waals surface area contributed by atoms with E-state index in [1.807, 2.05) is 13.0 Å². The lowest BCUT2D eigenvalue weighted by Gasteiger charge is -2.36. The summed E-state index contributed by atoms with van der Waals surface area (Å²) in [5.41, 5.74) is 1.92. The van der Waals surface area contributed by atoms with Crippen LogP contribution in [0.1, 0.15) is 31.2 Å². The molecule has 0 unspecified atom stereocenters. The highest BCUT2D eigenvalue weighted by molar-refractivity contribution is 9.10. The molecule has 1 aromatic carbocycles. The lowest BCUT2D eigenvalue weighted by atomic mass is 9.89. The predicted octanol–water partition coefficient (Wildman–Crippen LogP) is 3.99. The van der Waals surface area contributed by atoms with E-state index in [1.165, 1.54) is 0 Å². The van der Waals surface area contributed by atoms with Crippen LogP contribution in [0.4, 0.5) is 10.1 Å². The van der Waals surface area contributed by atoms with Crippen molar-refractivity contribution in [3.8, 4) is 0 Å². The molecule has 1 saturated heterocycles. The van der Waals surface area contributed by atoms with Gasteiger partial charge in [-0.05, 0) is 53.4 Å². The number of halogens is 2. The van der Waals surface area contributed by atoms with E-state index in [1.54, 1.807) is 6.07 Å². The van der Waals surface area contributed by atoms with E-state index in [0.29, 0.717) is 23.7 Å². The molecule has 1 spiro atoms. The Hall–Kier alpha value is -0.650. The Kier molecular flexibility index (Phi) is 4.02. The monoisotopic (exact) mass is 343 g/mol. The van der Waals surface area contributed by atoms with E-state index < -0.39 is 0 Å². The van der Waals surface area contributed by atoms with Gasteiger partial charge in [-0.15, -0.1) is 0 Å². The van der Waals surface area contributed by atoms with E-state index in [9.17, 15) is 4.39 Å². The van der Waals surface area contributed by atoms with Crippen molar-refractivity contribution in [1.29, 1.82) is 0 Å². The van der Waals surface area contributed by atoms with Gasteiger partial charge in [0.25, 0.3) is 0 Å². The fourth-order valence-corrected chi connectivity index (χ4v) is 3.47. The second-order valence-corrected chi connectivity index (χ2v) is 6.46. The number of rotatable bonds is 2. The molecular weight excluding hydrogens is 325 g/mol. The lowest BCUT2D eigenvalue weighted by molar-refractivity contribution is -0.177. The smallest absolute Gasteiger partial charge is 0.168 e. The number of benzene rings is 1. The molecule has 1 aliphatic heterocycles. The van der Waals surface area contributed by atoms with Crippen molar-refractivity contribution < 1.29 is 13.9 Å². The zero-order valence-corrected chi connectivity index (χ0v) is 13.1. The number of hydrogen-bond donors (Lipinski definition) is 1. The molecule has 0 bridgehead atoms. The van der Waals surface area contributed by atoms with Crippen molar-refractivity contribution in [2.45, 2.75) is 44.4 Å². The van der Waals surface area contributed by atoms with Crippen molar-refractivity contribution in [1.82, 2.24) is 0 Å². The summed E-state index contributed by atoms with van der Waals surface area (Å²) in [5.74, 6) is -0.564. The Morgan fingerprint density at radius 1 is 1.25 bits per heavy atom. The Labute approximate surface area is 127 Å². The summed E-state index contributed by atoms with van der Waals surface area (Å²) in [7, 11) is 0. The molecule has 1 aromatic rings. The van der Waals surface area contributed by atoms with E-state index in [0.717, 1.165) is 36.9 Å². The number of nitrogens with one attached hydrogen (secondary N) is 1. The number of anilines is 1. The molecule has 0 radical (unpaired) electrons. The standard InChI is InChI=1S/C15H19BrFNO2/c1-10-8-12(16)13(17)9-14(10)18-11-2-4-15(5-3-11)19-6-7-20-15/h8-9,11,18H,2-7H2,1H3. The largest absolute Gasteiger partial charge is 0.382 e. The maximum absolute atomic E-state index is 13.6. The predicted molar refractivity (Wildman–Crippen MR) is 79.4 cm³/mol. The molecule has 1 N–H and O–H groups in total. The van der Waals surface area contributed by atoms with Gasteiger partial charge in [0.1, 0.15) is 5.82 Å². The fourth-order valence-electron chi connectivity index (χ4n) is 3.01. The molecule has 3 rings (SSSR count). The van der Waals surface area contributed by atoms with Crippen molar-refractivity contribution >= 4 is 21.6 Å². The van der Waals surface area contributed by atoms with E-state index in [4.69, 9.17) is 9.47 Å². The first-order valence-corrected chi connectivity index (χ1v) is 7.87. The van der Waals surface area contributed by atoms with Gasteiger partial charge >= 0.3 is 0 Å². The quantitative estimate of drug-likeness (QED) is 0.880. The maximum atomic E-state index is 13.6. The summed E-state index contributed by atoms with van der Waals surface area (Å²) in [4.78, 5) is 0. The molecule has 1 aliphatic carbocycles. The Morgan fingerprint density at radius 2 is 1.90 bits per heavy atom. The van der Waals surface area contributed by atoms with Crippen LogP contribution in [0, 0.1) is 12.7 Å². The molecule has 0 amide bonds. The summed E-state index contributed by atoms with van der Waals surface area (Å²) >= 11 is 3.21. The van der Waals surface area contributed by atoms with Crippen LogP contribution in [0.3, 0.4) is 0 Å². The van der Waals surface area contributed by atoms with Gasteiger partial charge in [-0.1, -0.05) is 0 Å². The minimum absolute atomic E-state index is 0.229. The molecule has 2 aliphatic rings. The molecular formula is C15H19BrFNO2. The SMILES string of the molecule is Cc1cc(Br)c(F)cc1NC1CCC2(CC1)OCCO2. The highest BCUT2D eigenvalue weighted by Crippen LogP contribution is 2.37. The highest BCUT2D eigenvalue weighted by Gasteiger charge is 2.40. The molecule has 110 valence electrons. The normalized spacial score (nSPS) is 22.4. The first-order valence-electron chi connectivity index (χ1n) is 7.08. The molecule has 0 aromatic heterocycles. The maximum Gasteiger partial charge on any atom is 0.168 e. The summed E-state index contributed by atoms with van der Waals surface area (Å²) in [6, 6.07) is 3.73. The molecule has 20 heavy (non-hydrogen) atoms. The first kappa shape index (κ1) is 14.3. The number of hydrogen-bond acceptors (Lipinski definition) is 3. The number of aryl methyl sites for hydroxylation is 1. The highest BCUT2D eigenvalue weighted by atomic mass is 79.9. The molecule has 1 saturated carbocycles. The van der Waals surface area contributed by atoms with Gasteiger partial charge in [0, 0.05) is 24.6 Å². The van der Waals surface area contributed by atoms with Gasteiger partial charge < -0.3 is 14.8 Å². The molecule has 2 fully saturated rings. The average molecular weight is 344 g/mol. The van der Waals surface area contributed by atoms with Crippen molar-refractivity contribution in [3.05, 3.63) is 28.0 Å². The minimum atomic E-state index is -0.335. The number of ether oxygens (including phenoxy) is 2. The lowest BCUT2D eigenvalue weighted by Crippen LogP contribution is -2.39. The average Bonchev–Trinajstić information content (AvgIpc) is 2.87. The van der Waals surface area contributed by atoms with Crippen LogP contribution >= 0.6 is 15.9 Å². The van der Waals surface area contributed by atoms with Crippen molar-refractivity contribution in [2.75, 3.05) is 18.5 Å². The van der Waals surface area contributed by atoms with Crippen LogP contribution < -0.4 is 5.32 Å². The summed E-state index contributed by atoms with van der Waals surface area (Å²) in [6.45, 7) is 3.39. The van der Waals surface area contributed by atoms with Crippen molar-refractivity contribution in [2.24, 2.45) is 0 Å². The van der Waals surface area contributed by atoms with Crippen LogP contribution in [0.5, 0.6) is 0 Å². The Bertz CT molecular complexity index is 493. The van der Waals surface area contributed by atoms with Gasteiger partial charge in [0.2, 0.25) is 0 Å². The second kappa shape index (κ2) is 5.62. The molecule has 0 atom stereocenters. The topological polar surface area (TPSA) is 30.5 Å². The third-order valence-corrected chi connectivity index (χ3v) is 4.80. The van der Waals surface area contributed by atoms with Crippen molar-refractivity contribution in [3.63, 3.8) is 0 Å². The van der Waals surface area contributed by atoms with Gasteiger partial charge in [-0.2, -0.15) is 0 Å². The third kappa shape index (κ3) is 2.85. The molecule has 3 nitrogen and oxygen atoms in total. The third-order valence-electron chi connectivity index (χ3n) is 4.19. The van der Waals surface area contributed by atoms with Crippen LogP contribution in [0.25, 0.3) is 0 Å². The zero-order valence-electron chi connectivity index (χ0n) is 11.5. The van der Waals surface area contributed by atoms with Crippen LogP contribution in [0.2, 0.25) is 0 Å². The van der Waals surface area contributed by atoms with Crippen LogP contribution in [0.15, 0.2) is 16.6 Å². The first-order chi connectivity index (χ1) is 9.58. The summed E-state index contributed by atoms with van der Waals surface area (Å²) in [5, 5.41) is 3.45. The molecule has 1 heterocycles. The summed E-state index contributed by atoms with van der Waals surface area (Å²) < 4.78 is 25.6. The van der Waals surface area contributed by atoms with Crippen LogP contribution in [-0.4, -0.2) is 25.0 Å². The van der Waals surface area contributed by atoms with E-state index in [-0.39, 0.29) is 11.6 Å². The Balaban J connectivity index is 1.63. The van der Waals surface area contributed by atoms with E-state index >= 15 is 0 Å². The van der Waals surface area contributed by atoms with Gasteiger partial charge in [-0.3, -0.25) is 0 Å². The molecule has 5 heteroatoms. The van der Waals surface area contributed by atoms with Crippen LogP contribution in [-0.2, 0) is 9.47 Å². The second-order valence-electron chi connectivity index (χ2n) is 5.61. The van der Waals surface area contributed by atoms with Gasteiger partial charge in [0.15, 0.2) is 5.79 Å². The van der Waals surface area contributed by atoms with Gasteiger partial charge in [0.05, 0.1) is 17.7 Å². The van der Waals surface area contributed by atoms with Gasteiger partial charge in [-0.25, -0.2) is 4.39 Å². The van der Waals surface area contributed by atoms with E-state index in [2.05, 4.69) is 21.2 Å².